The van der Waals surface area contributed by atoms with Crippen molar-refractivity contribution in [3.63, 3.8) is 0 Å². The number of rotatable bonds is 4. The highest BCUT2D eigenvalue weighted by Crippen LogP contribution is 2.38. The number of thiazole rings is 1. The maximum absolute atomic E-state index is 12.3. The highest BCUT2D eigenvalue weighted by atomic mass is 32.1. The van der Waals surface area contributed by atoms with Gasteiger partial charge in [0.25, 0.3) is 0 Å². The van der Waals surface area contributed by atoms with E-state index in [0.717, 1.165) is 44.9 Å². The SMILES string of the molecule is C[C@@H]1N(CC2CC2)C(=O)COC12CCN(Cc1nccs1)CC2. The van der Waals surface area contributed by atoms with Crippen molar-refractivity contribution in [3.8, 4) is 0 Å². The predicted octanol–water partition coefficient (Wildman–Crippen LogP) is 2.13. The maximum Gasteiger partial charge on any atom is 0.248 e. The summed E-state index contributed by atoms with van der Waals surface area (Å²) in [5.41, 5.74) is -0.137. The molecule has 1 atom stereocenters. The first kappa shape index (κ1) is 15.5. The van der Waals surface area contributed by atoms with Crippen molar-refractivity contribution >= 4 is 17.2 Å². The molecule has 0 radical (unpaired) electrons. The molecule has 1 aromatic rings. The first-order valence-corrected chi connectivity index (χ1v) is 9.58. The second kappa shape index (κ2) is 6.15. The molecular formula is C17H25N3O2S. The topological polar surface area (TPSA) is 45.7 Å². The molecule has 1 amide bonds. The van der Waals surface area contributed by atoms with Gasteiger partial charge in [-0.05, 0) is 38.5 Å². The molecular weight excluding hydrogens is 310 g/mol. The van der Waals surface area contributed by atoms with Crippen LogP contribution in [0.2, 0.25) is 0 Å². The van der Waals surface area contributed by atoms with Crippen LogP contribution < -0.4 is 0 Å². The fourth-order valence-electron chi connectivity index (χ4n) is 3.92. The van der Waals surface area contributed by atoms with E-state index in [4.69, 9.17) is 4.74 Å². The monoisotopic (exact) mass is 335 g/mol. The molecule has 2 saturated heterocycles. The molecule has 1 aromatic heterocycles. The zero-order chi connectivity index (χ0) is 15.9. The number of piperidine rings is 1. The molecule has 3 aliphatic rings. The molecule has 2 aliphatic heterocycles. The van der Waals surface area contributed by atoms with E-state index in [-0.39, 0.29) is 24.2 Å². The second-order valence-corrected chi connectivity index (χ2v) is 8.20. The molecule has 1 spiro atoms. The highest BCUT2D eigenvalue weighted by molar-refractivity contribution is 7.09. The van der Waals surface area contributed by atoms with Crippen LogP contribution in [0.4, 0.5) is 0 Å². The van der Waals surface area contributed by atoms with Crippen molar-refractivity contribution in [2.45, 2.75) is 50.8 Å². The van der Waals surface area contributed by atoms with Crippen molar-refractivity contribution in [2.75, 3.05) is 26.2 Å². The van der Waals surface area contributed by atoms with E-state index in [0.29, 0.717) is 0 Å². The van der Waals surface area contributed by atoms with E-state index >= 15 is 0 Å². The minimum atomic E-state index is -0.137. The average molecular weight is 335 g/mol. The molecule has 5 nitrogen and oxygen atoms in total. The number of carbonyl (C=O) groups is 1. The van der Waals surface area contributed by atoms with Gasteiger partial charge in [0.2, 0.25) is 5.91 Å². The fourth-order valence-corrected chi connectivity index (χ4v) is 4.58. The van der Waals surface area contributed by atoms with Gasteiger partial charge in [0, 0.05) is 31.2 Å². The van der Waals surface area contributed by atoms with E-state index in [9.17, 15) is 4.79 Å². The normalized spacial score (nSPS) is 28.5. The molecule has 23 heavy (non-hydrogen) atoms. The first-order chi connectivity index (χ1) is 11.2. The quantitative estimate of drug-likeness (QED) is 0.846. The van der Waals surface area contributed by atoms with Crippen molar-refractivity contribution < 1.29 is 9.53 Å². The van der Waals surface area contributed by atoms with Gasteiger partial charge in [-0.3, -0.25) is 9.69 Å². The Morgan fingerprint density at radius 3 is 2.83 bits per heavy atom. The number of aromatic nitrogens is 1. The molecule has 6 heteroatoms. The first-order valence-electron chi connectivity index (χ1n) is 8.70. The zero-order valence-corrected chi connectivity index (χ0v) is 14.6. The summed E-state index contributed by atoms with van der Waals surface area (Å²) >= 11 is 1.72. The second-order valence-electron chi connectivity index (χ2n) is 7.22. The summed E-state index contributed by atoms with van der Waals surface area (Å²) in [4.78, 5) is 21.2. The summed E-state index contributed by atoms with van der Waals surface area (Å²) in [7, 11) is 0. The van der Waals surface area contributed by atoms with Gasteiger partial charge in [-0.2, -0.15) is 0 Å². The third-order valence-electron chi connectivity index (χ3n) is 5.73. The van der Waals surface area contributed by atoms with Crippen LogP contribution in [0.1, 0.15) is 37.6 Å². The van der Waals surface area contributed by atoms with Crippen LogP contribution >= 0.6 is 11.3 Å². The summed E-state index contributed by atoms with van der Waals surface area (Å²) in [6.45, 7) is 6.38. The Morgan fingerprint density at radius 2 is 2.17 bits per heavy atom. The van der Waals surface area contributed by atoms with E-state index in [1.165, 1.54) is 17.8 Å². The molecule has 1 aliphatic carbocycles. The van der Waals surface area contributed by atoms with Crippen molar-refractivity contribution in [1.82, 2.24) is 14.8 Å². The number of likely N-dealkylation sites (tertiary alicyclic amines) is 1. The third kappa shape index (κ3) is 3.16. The molecule has 4 rings (SSSR count). The molecule has 0 bridgehead atoms. The zero-order valence-electron chi connectivity index (χ0n) is 13.7. The molecule has 0 aromatic carbocycles. The van der Waals surface area contributed by atoms with Crippen molar-refractivity contribution in [3.05, 3.63) is 16.6 Å². The minimum absolute atomic E-state index is 0.137. The van der Waals surface area contributed by atoms with Crippen LogP contribution in [0.3, 0.4) is 0 Å². The lowest BCUT2D eigenvalue weighted by Gasteiger charge is -2.51. The molecule has 0 unspecified atom stereocenters. The van der Waals surface area contributed by atoms with Gasteiger partial charge < -0.3 is 9.64 Å². The lowest BCUT2D eigenvalue weighted by molar-refractivity contribution is -0.187. The summed E-state index contributed by atoms with van der Waals surface area (Å²) in [6, 6.07) is 0.200. The minimum Gasteiger partial charge on any atom is -0.363 e. The van der Waals surface area contributed by atoms with E-state index in [1.54, 1.807) is 11.3 Å². The number of ether oxygens (including phenoxy) is 1. The van der Waals surface area contributed by atoms with Crippen molar-refractivity contribution in [2.24, 2.45) is 5.92 Å². The van der Waals surface area contributed by atoms with Crippen LogP contribution in [0, 0.1) is 5.92 Å². The lowest BCUT2D eigenvalue weighted by atomic mass is 9.82. The summed E-state index contributed by atoms with van der Waals surface area (Å²) in [5.74, 6) is 0.918. The molecule has 3 fully saturated rings. The summed E-state index contributed by atoms with van der Waals surface area (Å²) < 4.78 is 6.12. The van der Waals surface area contributed by atoms with Crippen LogP contribution in [-0.2, 0) is 16.1 Å². The van der Waals surface area contributed by atoms with Gasteiger partial charge in [-0.25, -0.2) is 4.98 Å². The van der Waals surface area contributed by atoms with Crippen LogP contribution in [0.15, 0.2) is 11.6 Å². The molecule has 126 valence electrons. The highest BCUT2D eigenvalue weighted by Gasteiger charge is 2.48. The van der Waals surface area contributed by atoms with E-state index in [2.05, 4.69) is 21.7 Å². The number of morpholine rings is 1. The molecule has 0 N–H and O–H groups in total. The van der Waals surface area contributed by atoms with Gasteiger partial charge in [-0.1, -0.05) is 0 Å². The van der Waals surface area contributed by atoms with Gasteiger partial charge >= 0.3 is 0 Å². The largest absolute Gasteiger partial charge is 0.363 e. The Labute approximate surface area is 141 Å². The Kier molecular flexibility index (Phi) is 4.15. The Balaban J connectivity index is 1.39. The van der Waals surface area contributed by atoms with E-state index < -0.39 is 0 Å². The predicted molar refractivity (Wildman–Crippen MR) is 89.2 cm³/mol. The van der Waals surface area contributed by atoms with Gasteiger partial charge in [-0.15, -0.1) is 11.3 Å². The summed E-state index contributed by atoms with van der Waals surface area (Å²) in [5, 5.41) is 3.22. The Morgan fingerprint density at radius 1 is 1.39 bits per heavy atom. The summed E-state index contributed by atoms with van der Waals surface area (Å²) in [6.07, 6.45) is 6.46. The van der Waals surface area contributed by atoms with E-state index in [1.807, 2.05) is 11.6 Å². The smallest absolute Gasteiger partial charge is 0.248 e. The number of amides is 1. The van der Waals surface area contributed by atoms with Gasteiger partial charge in [0.15, 0.2) is 0 Å². The van der Waals surface area contributed by atoms with Gasteiger partial charge in [0.1, 0.15) is 11.6 Å². The molecule has 3 heterocycles. The number of nitrogens with zero attached hydrogens (tertiary/aromatic N) is 3. The Bertz CT molecular complexity index is 550. The standard InChI is InChI=1S/C17H25N3O2S/c1-13-17(22-12-16(21)20(13)10-14-2-3-14)4-7-19(8-5-17)11-15-18-6-9-23-15/h6,9,13-14H,2-5,7-8,10-12H2,1H3/t13-/m0/s1. The molecule has 1 saturated carbocycles. The lowest BCUT2D eigenvalue weighted by Crippen LogP contribution is -2.64. The van der Waals surface area contributed by atoms with Crippen LogP contribution in [0.25, 0.3) is 0 Å². The average Bonchev–Trinajstić information content (AvgIpc) is 3.24. The number of hydrogen-bond donors (Lipinski definition) is 0. The van der Waals surface area contributed by atoms with Crippen LogP contribution in [0.5, 0.6) is 0 Å². The van der Waals surface area contributed by atoms with Crippen molar-refractivity contribution in [1.29, 1.82) is 0 Å². The fraction of sp³-hybridized carbons (Fsp3) is 0.765. The third-order valence-corrected chi connectivity index (χ3v) is 6.49. The maximum atomic E-state index is 12.3. The number of hydrogen-bond acceptors (Lipinski definition) is 5. The number of carbonyl (C=O) groups excluding carboxylic acids is 1. The Hall–Kier alpha value is -0.980. The van der Waals surface area contributed by atoms with Crippen LogP contribution in [-0.4, -0.2) is 58.6 Å². The van der Waals surface area contributed by atoms with Gasteiger partial charge in [0.05, 0.1) is 18.2 Å².